The van der Waals surface area contributed by atoms with Gasteiger partial charge in [0.1, 0.15) is 0 Å². The third-order valence-corrected chi connectivity index (χ3v) is 4.50. The van der Waals surface area contributed by atoms with Crippen molar-refractivity contribution in [1.29, 1.82) is 0 Å². The van der Waals surface area contributed by atoms with Crippen molar-refractivity contribution in [3.8, 4) is 0 Å². The zero-order valence-corrected chi connectivity index (χ0v) is 16.8. The van der Waals surface area contributed by atoms with Crippen LogP contribution in [0.4, 0.5) is 24.5 Å². The predicted molar refractivity (Wildman–Crippen MR) is 107 cm³/mol. The number of hydrogen-bond acceptors (Lipinski definition) is 3. The van der Waals surface area contributed by atoms with E-state index >= 15 is 0 Å². The number of alkyl halides is 3. The molecular formula is C19H18Cl2F3N3O2. The van der Waals surface area contributed by atoms with Crippen molar-refractivity contribution in [1.82, 2.24) is 4.90 Å². The number of carbonyl (C=O) groups excluding carboxylic acids is 2. The fraction of sp³-hybridized carbons (Fsp3) is 0.263. The van der Waals surface area contributed by atoms with Crippen LogP contribution in [-0.2, 0) is 15.8 Å². The maximum atomic E-state index is 12.9. The van der Waals surface area contributed by atoms with Gasteiger partial charge in [0.25, 0.3) is 0 Å². The van der Waals surface area contributed by atoms with Crippen molar-refractivity contribution in [3.05, 3.63) is 58.1 Å². The fourth-order valence-electron chi connectivity index (χ4n) is 2.41. The molecule has 0 aliphatic rings. The first-order valence-electron chi connectivity index (χ1n) is 8.46. The molecule has 0 aliphatic heterocycles. The predicted octanol–water partition coefficient (Wildman–Crippen LogP) is 4.91. The normalized spacial score (nSPS) is 11.4. The van der Waals surface area contributed by atoms with Crippen molar-refractivity contribution in [2.45, 2.75) is 12.6 Å². The summed E-state index contributed by atoms with van der Waals surface area (Å²) in [6.45, 7) is 0.154. The quantitative estimate of drug-likeness (QED) is 0.633. The van der Waals surface area contributed by atoms with E-state index in [1.165, 1.54) is 6.07 Å². The Morgan fingerprint density at radius 1 is 1.00 bits per heavy atom. The van der Waals surface area contributed by atoms with Crippen LogP contribution in [0.5, 0.6) is 0 Å². The SMILES string of the molecule is CN(CCC(=O)Nc1ccccc1Cl)CC(=O)Nc1ccc(Cl)c(C(F)(F)F)c1. The molecule has 0 bridgehead atoms. The number of benzene rings is 2. The number of para-hydroxylation sites is 1. The number of rotatable bonds is 7. The number of nitrogens with zero attached hydrogens (tertiary/aromatic N) is 1. The van der Waals surface area contributed by atoms with Crippen LogP contribution in [0.3, 0.4) is 0 Å². The first-order chi connectivity index (χ1) is 13.6. The summed E-state index contributed by atoms with van der Waals surface area (Å²) in [6.07, 6.45) is -4.52. The maximum Gasteiger partial charge on any atom is 0.417 e. The van der Waals surface area contributed by atoms with E-state index in [-0.39, 0.29) is 31.1 Å². The number of amides is 2. The molecule has 0 atom stereocenters. The van der Waals surface area contributed by atoms with Gasteiger partial charge in [0.2, 0.25) is 11.8 Å². The number of hydrogen-bond donors (Lipinski definition) is 2. The maximum absolute atomic E-state index is 12.9. The van der Waals surface area contributed by atoms with Crippen molar-refractivity contribution >= 4 is 46.4 Å². The summed E-state index contributed by atoms with van der Waals surface area (Å²) in [5, 5.41) is 5.02. The Labute approximate surface area is 175 Å². The van der Waals surface area contributed by atoms with E-state index in [1.807, 2.05) is 0 Å². The first-order valence-corrected chi connectivity index (χ1v) is 9.21. The van der Waals surface area contributed by atoms with Gasteiger partial charge < -0.3 is 10.6 Å². The Balaban J connectivity index is 1.83. The van der Waals surface area contributed by atoms with E-state index in [4.69, 9.17) is 23.2 Å². The molecule has 0 saturated heterocycles. The zero-order valence-electron chi connectivity index (χ0n) is 15.3. The monoisotopic (exact) mass is 447 g/mol. The van der Waals surface area contributed by atoms with E-state index in [0.717, 1.165) is 12.1 Å². The Hall–Kier alpha value is -2.29. The van der Waals surface area contributed by atoms with Crippen molar-refractivity contribution in [3.63, 3.8) is 0 Å². The third kappa shape index (κ3) is 7.23. The van der Waals surface area contributed by atoms with Crippen LogP contribution in [0.1, 0.15) is 12.0 Å². The Kier molecular flexibility index (Phi) is 7.89. The number of nitrogens with one attached hydrogen (secondary N) is 2. The second-order valence-electron chi connectivity index (χ2n) is 6.26. The summed E-state index contributed by atoms with van der Waals surface area (Å²) in [4.78, 5) is 25.6. The molecule has 0 radical (unpaired) electrons. The smallest absolute Gasteiger partial charge is 0.325 e. The average molecular weight is 448 g/mol. The van der Waals surface area contributed by atoms with Gasteiger partial charge in [-0.1, -0.05) is 35.3 Å². The van der Waals surface area contributed by atoms with Gasteiger partial charge in [0, 0.05) is 18.7 Å². The van der Waals surface area contributed by atoms with Crippen LogP contribution in [0.2, 0.25) is 10.0 Å². The highest BCUT2D eigenvalue weighted by Gasteiger charge is 2.33. The summed E-state index contributed by atoms with van der Waals surface area (Å²) in [5.41, 5.74) is -0.555. The number of anilines is 2. The number of halogens is 5. The van der Waals surface area contributed by atoms with Gasteiger partial charge in [-0.2, -0.15) is 13.2 Å². The van der Waals surface area contributed by atoms with E-state index in [9.17, 15) is 22.8 Å². The van der Waals surface area contributed by atoms with Crippen molar-refractivity contribution in [2.75, 3.05) is 30.8 Å². The number of carbonyl (C=O) groups is 2. The second-order valence-corrected chi connectivity index (χ2v) is 7.07. The molecule has 29 heavy (non-hydrogen) atoms. The summed E-state index contributed by atoms with van der Waals surface area (Å²) in [5.74, 6) is -0.799. The topological polar surface area (TPSA) is 61.4 Å². The van der Waals surface area contributed by atoms with Crippen molar-refractivity contribution < 1.29 is 22.8 Å². The molecule has 0 fully saturated rings. The first kappa shape index (κ1) is 23.0. The molecule has 156 valence electrons. The van der Waals surface area contributed by atoms with Crippen LogP contribution in [-0.4, -0.2) is 36.9 Å². The van der Waals surface area contributed by atoms with Gasteiger partial charge in [-0.15, -0.1) is 0 Å². The molecule has 0 spiro atoms. The lowest BCUT2D eigenvalue weighted by Gasteiger charge is -2.17. The lowest BCUT2D eigenvalue weighted by Crippen LogP contribution is -2.32. The molecule has 2 aromatic carbocycles. The van der Waals surface area contributed by atoms with Gasteiger partial charge in [-0.05, 0) is 37.4 Å². The molecule has 5 nitrogen and oxygen atoms in total. The summed E-state index contributed by atoms with van der Waals surface area (Å²) >= 11 is 11.5. The van der Waals surface area contributed by atoms with Crippen LogP contribution < -0.4 is 10.6 Å². The van der Waals surface area contributed by atoms with Crippen LogP contribution in [0, 0.1) is 0 Å². The minimum atomic E-state index is -4.62. The largest absolute Gasteiger partial charge is 0.417 e. The summed E-state index contributed by atoms with van der Waals surface area (Å²) < 4.78 is 38.6. The lowest BCUT2D eigenvalue weighted by molar-refractivity contribution is -0.137. The molecule has 2 N–H and O–H groups in total. The molecule has 0 unspecified atom stereocenters. The highest BCUT2D eigenvalue weighted by atomic mass is 35.5. The Morgan fingerprint density at radius 3 is 2.34 bits per heavy atom. The van der Waals surface area contributed by atoms with Crippen molar-refractivity contribution in [2.24, 2.45) is 0 Å². The summed E-state index contributed by atoms with van der Waals surface area (Å²) in [7, 11) is 1.62. The van der Waals surface area contributed by atoms with Gasteiger partial charge in [-0.25, -0.2) is 0 Å². The molecule has 10 heteroatoms. The Bertz CT molecular complexity index is 891. The third-order valence-electron chi connectivity index (χ3n) is 3.84. The molecule has 0 heterocycles. The second kappa shape index (κ2) is 9.96. The Morgan fingerprint density at radius 2 is 1.69 bits per heavy atom. The molecule has 0 aliphatic carbocycles. The minimum Gasteiger partial charge on any atom is -0.325 e. The fourth-order valence-corrected chi connectivity index (χ4v) is 2.82. The standard InChI is InChI=1S/C19H18Cl2F3N3O2/c1-27(9-8-17(28)26-16-5-3-2-4-15(16)21)11-18(29)25-12-6-7-14(20)13(10-12)19(22,23)24/h2-7,10H,8-9,11H2,1H3,(H,25,29)(H,26,28). The molecular weight excluding hydrogens is 430 g/mol. The highest BCUT2D eigenvalue weighted by Crippen LogP contribution is 2.36. The van der Waals surface area contributed by atoms with Gasteiger partial charge >= 0.3 is 6.18 Å². The van der Waals surface area contributed by atoms with Gasteiger partial charge in [0.05, 0.1) is 27.8 Å². The molecule has 0 saturated carbocycles. The molecule has 2 aromatic rings. The van der Waals surface area contributed by atoms with E-state index < -0.39 is 22.7 Å². The average Bonchev–Trinajstić information content (AvgIpc) is 2.62. The number of likely N-dealkylation sites (N-methyl/N-ethyl adjacent to an activating group) is 1. The van der Waals surface area contributed by atoms with Gasteiger partial charge in [-0.3, -0.25) is 14.5 Å². The van der Waals surface area contributed by atoms with E-state index in [2.05, 4.69) is 10.6 Å². The molecule has 2 amide bonds. The van der Waals surface area contributed by atoms with Crippen LogP contribution in [0.25, 0.3) is 0 Å². The lowest BCUT2D eigenvalue weighted by atomic mass is 10.2. The van der Waals surface area contributed by atoms with Crippen LogP contribution in [0.15, 0.2) is 42.5 Å². The van der Waals surface area contributed by atoms with Crippen LogP contribution >= 0.6 is 23.2 Å². The van der Waals surface area contributed by atoms with E-state index in [1.54, 1.807) is 36.2 Å². The molecule has 0 aromatic heterocycles. The highest BCUT2D eigenvalue weighted by molar-refractivity contribution is 6.33. The van der Waals surface area contributed by atoms with E-state index in [0.29, 0.717) is 10.7 Å². The molecule has 2 rings (SSSR count). The summed E-state index contributed by atoms with van der Waals surface area (Å²) in [6, 6.07) is 9.92. The minimum absolute atomic E-state index is 0.0170. The zero-order chi connectivity index (χ0) is 21.6. The van der Waals surface area contributed by atoms with Gasteiger partial charge in [0.15, 0.2) is 0 Å².